The third-order valence-corrected chi connectivity index (χ3v) is 5.20. The number of hydrogen-bond donors (Lipinski definition) is 0. The zero-order valence-corrected chi connectivity index (χ0v) is 12.9. The normalized spacial score (nSPS) is 31.8. The molecule has 0 aromatic heterocycles. The Morgan fingerprint density at radius 3 is 2.38 bits per heavy atom. The lowest BCUT2D eigenvalue weighted by Gasteiger charge is -2.38. The zero-order chi connectivity index (χ0) is 15.5. The van der Waals surface area contributed by atoms with E-state index in [0.717, 1.165) is 25.7 Å². The highest BCUT2D eigenvalue weighted by molar-refractivity contribution is 6.18. The van der Waals surface area contributed by atoms with Crippen LogP contribution < -0.4 is 0 Å². The van der Waals surface area contributed by atoms with Crippen LogP contribution in [-0.4, -0.2) is 35.4 Å². The topological polar surface area (TPSA) is 20.3 Å². The molecule has 1 amide bonds. The first-order chi connectivity index (χ1) is 9.95. The predicted molar refractivity (Wildman–Crippen MR) is 76.2 cm³/mol. The Kier molecular flexibility index (Phi) is 5.81. The fourth-order valence-corrected chi connectivity index (χ4v) is 3.98. The summed E-state index contributed by atoms with van der Waals surface area (Å²) in [5.41, 5.74) is 0. The molecule has 0 radical (unpaired) electrons. The number of nitrogens with zero attached hydrogens (tertiary/aromatic N) is 1. The summed E-state index contributed by atoms with van der Waals surface area (Å²) in [5.74, 6) is -2.38. The van der Waals surface area contributed by atoms with Gasteiger partial charge >= 0.3 is 6.18 Å². The molecule has 2 aliphatic rings. The van der Waals surface area contributed by atoms with Crippen molar-refractivity contribution < 1.29 is 18.0 Å². The van der Waals surface area contributed by atoms with Gasteiger partial charge in [0.05, 0.1) is 5.92 Å². The molecule has 2 nitrogen and oxygen atoms in total. The fraction of sp³-hybridized carbons (Fsp3) is 0.933. The highest BCUT2D eigenvalue weighted by Gasteiger charge is 2.49. The van der Waals surface area contributed by atoms with Gasteiger partial charge in [-0.15, -0.1) is 11.6 Å². The summed E-state index contributed by atoms with van der Waals surface area (Å²) in [6, 6.07) is -0.0996. The summed E-state index contributed by atoms with van der Waals surface area (Å²) in [6.45, 7) is 0.553. The van der Waals surface area contributed by atoms with Crippen LogP contribution in [0.5, 0.6) is 0 Å². The summed E-state index contributed by atoms with van der Waals surface area (Å²) in [4.78, 5) is 14.3. The van der Waals surface area contributed by atoms with Gasteiger partial charge in [-0.25, -0.2) is 0 Å². The van der Waals surface area contributed by atoms with Gasteiger partial charge in [-0.3, -0.25) is 4.79 Å². The molecule has 0 aromatic carbocycles. The van der Waals surface area contributed by atoms with Crippen LogP contribution in [0, 0.1) is 11.8 Å². The van der Waals surface area contributed by atoms with Gasteiger partial charge in [0.15, 0.2) is 0 Å². The number of halogens is 4. The first-order valence-electron chi connectivity index (χ1n) is 7.88. The van der Waals surface area contributed by atoms with Crippen molar-refractivity contribution in [2.75, 3.05) is 12.4 Å². The Morgan fingerprint density at radius 2 is 1.71 bits per heavy atom. The lowest BCUT2D eigenvalue weighted by Crippen LogP contribution is -2.49. The monoisotopic (exact) mass is 325 g/mol. The molecule has 0 spiro atoms. The average molecular weight is 326 g/mol. The van der Waals surface area contributed by atoms with Gasteiger partial charge in [0.2, 0.25) is 5.91 Å². The summed E-state index contributed by atoms with van der Waals surface area (Å²) in [7, 11) is 0. The maximum absolute atomic E-state index is 13.2. The van der Waals surface area contributed by atoms with E-state index in [0.29, 0.717) is 31.7 Å². The summed E-state index contributed by atoms with van der Waals surface area (Å²) < 4.78 is 39.5. The molecule has 1 saturated carbocycles. The average Bonchev–Trinajstić information content (AvgIpc) is 2.70. The van der Waals surface area contributed by atoms with Crippen molar-refractivity contribution in [1.82, 2.24) is 4.90 Å². The molecule has 1 heterocycles. The molecule has 0 aromatic rings. The first kappa shape index (κ1) is 16.9. The minimum Gasteiger partial charge on any atom is -0.338 e. The molecule has 0 bridgehead atoms. The Balaban J connectivity index is 2.15. The standard InChI is InChI=1S/C15H23ClF3NO/c16-10-11-6-2-1-5-9-20(11)14(21)12-7-3-4-8-13(12)15(17,18)19/h11-13H,1-10H2. The third kappa shape index (κ3) is 4.05. The highest BCUT2D eigenvalue weighted by Crippen LogP contribution is 2.42. The SMILES string of the molecule is O=C(C1CCCCC1C(F)(F)F)N1CCCCCC1CCl. The molecule has 6 heteroatoms. The van der Waals surface area contributed by atoms with E-state index in [2.05, 4.69) is 0 Å². The van der Waals surface area contributed by atoms with Crippen molar-refractivity contribution in [2.45, 2.75) is 63.6 Å². The Bertz CT molecular complexity index is 361. The van der Waals surface area contributed by atoms with Crippen molar-refractivity contribution in [1.29, 1.82) is 0 Å². The van der Waals surface area contributed by atoms with Crippen LogP contribution in [0.1, 0.15) is 51.4 Å². The van der Waals surface area contributed by atoms with E-state index in [1.165, 1.54) is 0 Å². The molecule has 1 saturated heterocycles. The van der Waals surface area contributed by atoms with Crippen LogP contribution in [0.3, 0.4) is 0 Å². The number of rotatable bonds is 2. The lowest BCUT2D eigenvalue weighted by molar-refractivity contribution is -0.201. The summed E-state index contributed by atoms with van der Waals surface area (Å²) in [5, 5.41) is 0. The van der Waals surface area contributed by atoms with Crippen molar-refractivity contribution >= 4 is 17.5 Å². The Labute approximate surface area is 129 Å². The van der Waals surface area contributed by atoms with Crippen LogP contribution in [0.25, 0.3) is 0 Å². The Morgan fingerprint density at radius 1 is 1.05 bits per heavy atom. The van der Waals surface area contributed by atoms with Gasteiger partial charge in [-0.1, -0.05) is 25.7 Å². The predicted octanol–water partition coefficient (Wildman–Crippen LogP) is 4.37. The number of alkyl halides is 4. The van der Waals surface area contributed by atoms with Crippen molar-refractivity contribution in [3.05, 3.63) is 0 Å². The van der Waals surface area contributed by atoms with E-state index in [-0.39, 0.29) is 18.4 Å². The van der Waals surface area contributed by atoms with Crippen LogP contribution in [0.15, 0.2) is 0 Å². The van der Waals surface area contributed by atoms with Gasteiger partial charge in [0.1, 0.15) is 0 Å². The first-order valence-corrected chi connectivity index (χ1v) is 8.41. The van der Waals surface area contributed by atoms with E-state index >= 15 is 0 Å². The molecule has 1 aliphatic carbocycles. The van der Waals surface area contributed by atoms with Crippen LogP contribution in [-0.2, 0) is 4.79 Å². The molecule has 2 fully saturated rings. The third-order valence-electron chi connectivity index (χ3n) is 4.84. The quantitative estimate of drug-likeness (QED) is 0.691. The van der Waals surface area contributed by atoms with Gasteiger partial charge in [0, 0.05) is 24.4 Å². The van der Waals surface area contributed by atoms with Crippen molar-refractivity contribution in [3.63, 3.8) is 0 Å². The fourth-order valence-electron chi connectivity index (χ4n) is 3.66. The van der Waals surface area contributed by atoms with Gasteiger partial charge < -0.3 is 4.90 Å². The molecule has 2 rings (SSSR count). The lowest BCUT2D eigenvalue weighted by atomic mass is 9.77. The van der Waals surface area contributed by atoms with E-state index in [1.54, 1.807) is 4.90 Å². The molecular weight excluding hydrogens is 303 g/mol. The Hall–Kier alpha value is -0.450. The van der Waals surface area contributed by atoms with Gasteiger partial charge in [0.25, 0.3) is 0 Å². The van der Waals surface area contributed by atoms with Gasteiger partial charge in [-0.05, 0) is 25.7 Å². The van der Waals surface area contributed by atoms with E-state index in [1.807, 2.05) is 0 Å². The number of hydrogen-bond acceptors (Lipinski definition) is 1. The second-order valence-corrected chi connectivity index (χ2v) is 6.54. The van der Waals surface area contributed by atoms with E-state index in [9.17, 15) is 18.0 Å². The molecule has 0 N–H and O–H groups in total. The van der Waals surface area contributed by atoms with E-state index in [4.69, 9.17) is 11.6 Å². The maximum Gasteiger partial charge on any atom is 0.392 e. The number of likely N-dealkylation sites (tertiary alicyclic amines) is 1. The van der Waals surface area contributed by atoms with Crippen LogP contribution in [0.2, 0.25) is 0 Å². The molecule has 122 valence electrons. The molecule has 3 atom stereocenters. The van der Waals surface area contributed by atoms with E-state index < -0.39 is 18.0 Å². The minimum atomic E-state index is -4.27. The second-order valence-electron chi connectivity index (χ2n) is 6.23. The smallest absolute Gasteiger partial charge is 0.338 e. The zero-order valence-electron chi connectivity index (χ0n) is 12.2. The van der Waals surface area contributed by atoms with Crippen LogP contribution >= 0.6 is 11.6 Å². The summed E-state index contributed by atoms with van der Waals surface area (Å²) in [6.07, 6.45) is 1.12. The molecule has 21 heavy (non-hydrogen) atoms. The van der Waals surface area contributed by atoms with Gasteiger partial charge in [-0.2, -0.15) is 13.2 Å². The largest absolute Gasteiger partial charge is 0.392 e. The van der Waals surface area contributed by atoms with Crippen molar-refractivity contribution in [2.24, 2.45) is 11.8 Å². The summed E-state index contributed by atoms with van der Waals surface area (Å²) >= 11 is 5.94. The second kappa shape index (κ2) is 7.21. The number of carbonyl (C=O) groups is 1. The highest BCUT2D eigenvalue weighted by atomic mass is 35.5. The number of carbonyl (C=O) groups excluding carboxylic acids is 1. The molecule has 1 aliphatic heterocycles. The molecular formula is C15H23ClF3NO. The number of amides is 1. The van der Waals surface area contributed by atoms with Crippen LogP contribution in [0.4, 0.5) is 13.2 Å². The van der Waals surface area contributed by atoms with Crippen molar-refractivity contribution in [3.8, 4) is 0 Å². The maximum atomic E-state index is 13.2. The molecule has 3 unspecified atom stereocenters. The minimum absolute atomic E-state index is 0.0826.